The minimum atomic E-state index is 0.456. The first-order chi connectivity index (χ1) is 6.34. The molecule has 0 bridgehead atoms. The molecule has 2 aliphatic rings. The first-order valence-electron chi connectivity index (χ1n) is 5.44. The Morgan fingerprint density at radius 1 is 1.00 bits per heavy atom. The molecule has 3 N–H and O–H groups in total. The van der Waals surface area contributed by atoms with Crippen molar-refractivity contribution in [2.45, 2.75) is 50.2 Å². The fraction of sp³-hybridized carbons (Fsp3) is 1.00. The van der Waals surface area contributed by atoms with Crippen molar-refractivity contribution in [1.29, 1.82) is 0 Å². The molecule has 0 amide bonds. The molecule has 0 spiro atoms. The van der Waals surface area contributed by atoms with Gasteiger partial charge in [-0.25, -0.2) is 0 Å². The van der Waals surface area contributed by atoms with Crippen LogP contribution in [0.15, 0.2) is 0 Å². The molecule has 0 radical (unpaired) electrons. The molecule has 2 rings (SSSR count). The summed E-state index contributed by atoms with van der Waals surface area (Å²) in [6, 6.07) is 1.77. The second-order valence-electron chi connectivity index (χ2n) is 4.34. The minimum Gasteiger partial charge on any atom is -0.380 e. The SMILES string of the molecule is NC1CCC(NC2CCOC2)CC1. The summed E-state index contributed by atoms with van der Waals surface area (Å²) in [6.07, 6.45) is 6.05. The Morgan fingerprint density at radius 2 is 1.77 bits per heavy atom. The molecule has 1 atom stereocenters. The van der Waals surface area contributed by atoms with Gasteiger partial charge in [0.1, 0.15) is 0 Å². The maximum atomic E-state index is 5.85. The first kappa shape index (κ1) is 9.44. The quantitative estimate of drug-likeness (QED) is 0.662. The van der Waals surface area contributed by atoms with E-state index in [-0.39, 0.29) is 0 Å². The monoisotopic (exact) mass is 184 g/mol. The average Bonchev–Trinajstić information content (AvgIpc) is 2.62. The van der Waals surface area contributed by atoms with Crippen LogP contribution in [-0.4, -0.2) is 31.3 Å². The van der Waals surface area contributed by atoms with E-state index < -0.39 is 0 Å². The van der Waals surface area contributed by atoms with E-state index in [1.807, 2.05) is 0 Å². The first-order valence-corrected chi connectivity index (χ1v) is 5.44. The van der Waals surface area contributed by atoms with E-state index in [2.05, 4.69) is 5.32 Å². The molecule has 3 nitrogen and oxygen atoms in total. The lowest BCUT2D eigenvalue weighted by atomic mass is 9.91. The molecule has 2 fully saturated rings. The van der Waals surface area contributed by atoms with Crippen LogP contribution in [-0.2, 0) is 4.74 Å². The summed E-state index contributed by atoms with van der Waals surface area (Å²) in [5, 5.41) is 3.66. The maximum absolute atomic E-state index is 5.85. The van der Waals surface area contributed by atoms with Crippen molar-refractivity contribution in [3.05, 3.63) is 0 Å². The zero-order valence-electron chi connectivity index (χ0n) is 8.17. The number of hydrogen-bond acceptors (Lipinski definition) is 3. The zero-order chi connectivity index (χ0) is 9.10. The third-order valence-electron chi connectivity index (χ3n) is 3.17. The number of hydrogen-bond donors (Lipinski definition) is 2. The van der Waals surface area contributed by atoms with Gasteiger partial charge in [0.2, 0.25) is 0 Å². The Kier molecular flexibility index (Phi) is 3.19. The molecule has 1 unspecified atom stereocenters. The summed E-state index contributed by atoms with van der Waals surface area (Å²) < 4.78 is 5.33. The van der Waals surface area contributed by atoms with E-state index in [1.165, 1.54) is 32.1 Å². The molecule has 0 aromatic heterocycles. The fourth-order valence-corrected chi connectivity index (χ4v) is 2.29. The number of nitrogens with two attached hydrogens (primary N) is 1. The third kappa shape index (κ3) is 2.66. The molecule has 13 heavy (non-hydrogen) atoms. The summed E-state index contributed by atoms with van der Waals surface area (Å²) in [5.74, 6) is 0. The van der Waals surface area contributed by atoms with Crippen molar-refractivity contribution in [2.75, 3.05) is 13.2 Å². The lowest BCUT2D eigenvalue weighted by Crippen LogP contribution is -2.42. The van der Waals surface area contributed by atoms with Crippen LogP contribution in [0.25, 0.3) is 0 Å². The molecular formula is C10H20N2O. The second-order valence-corrected chi connectivity index (χ2v) is 4.34. The minimum absolute atomic E-state index is 0.456. The Labute approximate surface area is 80.0 Å². The summed E-state index contributed by atoms with van der Waals surface area (Å²) in [4.78, 5) is 0. The molecular weight excluding hydrogens is 164 g/mol. The van der Waals surface area contributed by atoms with Crippen molar-refractivity contribution in [3.8, 4) is 0 Å². The van der Waals surface area contributed by atoms with E-state index in [0.717, 1.165) is 13.2 Å². The highest BCUT2D eigenvalue weighted by Gasteiger charge is 2.23. The van der Waals surface area contributed by atoms with E-state index in [9.17, 15) is 0 Å². The third-order valence-corrected chi connectivity index (χ3v) is 3.17. The predicted molar refractivity (Wildman–Crippen MR) is 52.6 cm³/mol. The summed E-state index contributed by atoms with van der Waals surface area (Å²) >= 11 is 0. The molecule has 0 aromatic carbocycles. The van der Waals surface area contributed by atoms with Crippen LogP contribution >= 0.6 is 0 Å². The van der Waals surface area contributed by atoms with Crippen LogP contribution in [0.1, 0.15) is 32.1 Å². The van der Waals surface area contributed by atoms with Crippen LogP contribution in [0, 0.1) is 0 Å². The maximum Gasteiger partial charge on any atom is 0.0620 e. The van der Waals surface area contributed by atoms with Crippen LogP contribution in [0.4, 0.5) is 0 Å². The van der Waals surface area contributed by atoms with Gasteiger partial charge in [-0.2, -0.15) is 0 Å². The lowest BCUT2D eigenvalue weighted by molar-refractivity contribution is 0.185. The van der Waals surface area contributed by atoms with Crippen molar-refractivity contribution in [3.63, 3.8) is 0 Å². The van der Waals surface area contributed by atoms with Gasteiger partial charge in [-0.05, 0) is 32.1 Å². The fourth-order valence-electron chi connectivity index (χ4n) is 2.29. The van der Waals surface area contributed by atoms with Crippen LogP contribution in [0.3, 0.4) is 0 Å². The second kappa shape index (κ2) is 4.40. The number of rotatable bonds is 2. The van der Waals surface area contributed by atoms with Crippen molar-refractivity contribution in [1.82, 2.24) is 5.32 Å². The van der Waals surface area contributed by atoms with Crippen molar-refractivity contribution < 1.29 is 4.74 Å². The van der Waals surface area contributed by atoms with Gasteiger partial charge in [0.25, 0.3) is 0 Å². The van der Waals surface area contributed by atoms with Gasteiger partial charge >= 0.3 is 0 Å². The van der Waals surface area contributed by atoms with Gasteiger partial charge in [-0.15, -0.1) is 0 Å². The van der Waals surface area contributed by atoms with E-state index in [1.54, 1.807) is 0 Å². The highest BCUT2D eigenvalue weighted by molar-refractivity contribution is 4.82. The van der Waals surface area contributed by atoms with Gasteiger partial charge in [-0.3, -0.25) is 0 Å². The van der Waals surface area contributed by atoms with Gasteiger partial charge in [0.05, 0.1) is 6.61 Å². The highest BCUT2D eigenvalue weighted by atomic mass is 16.5. The van der Waals surface area contributed by atoms with E-state index >= 15 is 0 Å². The van der Waals surface area contributed by atoms with Crippen molar-refractivity contribution in [2.24, 2.45) is 5.73 Å². The largest absolute Gasteiger partial charge is 0.380 e. The molecule has 1 heterocycles. The molecule has 76 valence electrons. The van der Waals surface area contributed by atoms with Gasteiger partial charge in [0, 0.05) is 24.7 Å². The predicted octanol–water partition coefficient (Wildman–Crippen LogP) is 0.635. The summed E-state index contributed by atoms with van der Waals surface area (Å²) in [5.41, 5.74) is 5.85. The molecule has 3 heteroatoms. The van der Waals surface area contributed by atoms with E-state index in [4.69, 9.17) is 10.5 Å². The standard InChI is InChI=1S/C10H20N2O/c11-8-1-3-9(4-2-8)12-10-5-6-13-7-10/h8-10,12H,1-7,11H2. The molecule has 0 aromatic rings. The Balaban J connectivity index is 1.69. The Morgan fingerprint density at radius 3 is 2.38 bits per heavy atom. The Hall–Kier alpha value is -0.120. The van der Waals surface area contributed by atoms with Crippen LogP contribution < -0.4 is 11.1 Å². The van der Waals surface area contributed by atoms with Gasteiger partial charge < -0.3 is 15.8 Å². The molecule has 1 aliphatic carbocycles. The summed E-state index contributed by atoms with van der Waals surface area (Å²) in [7, 11) is 0. The normalized spacial score (nSPS) is 40.8. The van der Waals surface area contributed by atoms with Crippen molar-refractivity contribution >= 4 is 0 Å². The molecule has 1 aliphatic heterocycles. The zero-order valence-corrected chi connectivity index (χ0v) is 8.17. The number of nitrogens with one attached hydrogen (secondary N) is 1. The average molecular weight is 184 g/mol. The molecule has 1 saturated carbocycles. The van der Waals surface area contributed by atoms with E-state index in [0.29, 0.717) is 18.1 Å². The van der Waals surface area contributed by atoms with Gasteiger partial charge in [0.15, 0.2) is 0 Å². The summed E-state index contributed by atoms with van der Waals surface area (Å²) in [6.45, 7) is 1.84. The van der Waals surface area contributed by atoms with Crippen LogP contribution in [0.2, 0.25) is 0 Å². The van der Waals surface area contributed by atoms with Crippen LogP contribution in [0.5, 0.6) is 0 Å². The number of ether oxygens (including phenoxy) is 1. The topological polar surface area (TPSA) is 47.3 Å². The Bertz CT molecular complexity index is 149. The highest BCUT2D eigenvalue weighted by Crippen LogP contribution is 2.18. The van der Waals surface area contributed by atoms with Gasteiger partial charge in [-0.1, -0.05) is 0 Å². The molecule has 1 saturated heterocycles. The lowest BCUT2D eigenvalue weighted by Gasteiger charge is -2.28. The smallest absolute Gasteiger partial charge is 0.0620 e.